The third-order valence-corrected chi connectivity index (χ3v) is 5.15. The third-order valence-electron chi connectivity index (χ3n) is 5.15. The number of rotatable bonds is 6. The van der Waals surface area contributed by atoms with Crippen LogP contribution in [0.25, 0.3) is 0 Å². The van der Waals surface area contributed by atoms with Gasteiger partial charge in [-0.25, -0.2) is 4.39 Å². The topological polar surface area (TPSA) is 49.8 Å². The molecule has 3 rings (SSSR count). The molecule has 3 atom stereocenters. The zero-order valence-electron chi connectivity index (χ0n) is 13.3. The first-order valence-corrected chi connectivity index (χ1v) is 8.52. The van der Waals surface area contributed by atoms with Crippen molar-refractivity contribution in [2.24, 2.45) is 5.92 Å². The number of carbonyl (C=O) groups is 1. The Morgan fingerprint density at radius 1 is 1.26 bits per heavy atom. The van der Waals surface area contributed by atoms with Crippen LogP contribution in [-0.4, -0.2) is 41.2 Å². The average Bonchev–Trinajstić information content (AvgIpc) is 2.92. The molecular weight excluding hydrogens is 297 g/mol. The number of halogens is 1. The molecule has 23 heavy (non-hydrogen) atoms. The maximum absolute atomic E-state index is 12.8. The summed E-state index contributed by atoms with van der Waals surface area (Å²) in [5.41, 5.74) is 0. The van der Waals surface area contributed by atoms with Crippen LogP contribution in [-0.2, 0) is 4.79 Å². The molecule has 2 fully saturated rings. The minimum absolute atomic E-state index is 0.276. The minimum Gasteiger partial charge on any atom is -0.494 e. The van der Waals surface area contributed by atoms with Crippen LogP contribution in [0.15, 0.2) is 24.3 Å². The van der Waals surface area contributed by atoms with E-state index in [-0.39, 0.29) is 11.9 Å². The Bertz CT molecular complexity index is 534. The fraction of sp³-hybridized carbons (Fsp3) is 0.611. The number of likely N-dealkylation sites (tertiary alicyclic amines) is 1. The largest absolute Gasteiger partial charge is 0.494 e. The molecule has 1 aromatic rings. The summed E-state index contributed by atoms with van der Waals surface area (Å²) in [4.78, 5) is 13.7. The fourth-order valence-electron chi connectivity index (χ4n) is 4.09. The highest BCUT2D eigenvalue weighted by Gasteiger charge is 2.44. The lowest BCUT2D eigenvalue weighted by atomic mass is 9.85. The molecule has 1 heterocycles. The van der Waals surface area contributed by atoms with Gasteiger partial charge in [0.2, 0.25) is 0 Å². The zero-order valence-corrected chi connectivity index (χ0v) is 13.3. The second kappa shape index (κ2) is 7.30. The maximum Gasteiger partial charge on any atom is 0.320 e. The Labute approximate surface area is 136 Å². The normalized spacial score (nSPS) is 27.6. The quantitative estimate of drug-likeness (QED) is 0.817. The summed E-state index contributed by atoms with van der Waals surface area (Å²) < 4.78 is 18.4. The van der Waals surface area contributed by atoms with Crippen molar-refractivity contribution >= 4 is 5.97 Å². The molecule has 5 heteroatoms. The highest BCUT2D eigenvalue weighted by molar-refractivity contribution is 5.74. The number of fused-ring (bicyclic) bond motifs is 1. The maximum atomic E-state index is 12.8. The number of carboxylic acids is 1. The standard InChI is InChI=1S/C18H24FNO3/c19-14-6-8-15(9-7-14)23-11-3-10-20-16-5-2-1-4-13(16)12-17(20)18(21)22/h6-9,13,16-17H,1-5,10-12H2,(H,21,22). The summed E-state index contributed by atoms with van der Waals surface area (Å²) in [6.07, 6.45) is 6.29. The molecule has 0 radical (unpaired) electrons. The van der Waals surface area contributed by atoms with Crippen molar-refractivity contribution in [1.29, 1.82) is 0 Å². The molecule has 0 aromatic heterocycles. The fourth-order valence-corrected chi connectivity index (χ4v) is 4.09. The van der Waals surface area contributed by atoms with Gasteiger partial charge in [0.15, 0.2) is 0 Å². The Morgan fingerprint density at radius 2 is 2.00 bits per heavy atom. The number of benzene rings is 1. The first kappa shape index (κ1) is 16.2. The van der Waals surface area contributed by atoms with Gasteiger partial charge < -0.3 is 9.84 Å². The highest BCUT2D eigenvalue weighted by atomic mass is 19.1. The van der Waals surface area contributed by atoms with E-state index in [1.807, 2.05) is 0 Å². The van der Waals surface area contributed by atoms with Crippen molar-refractivity contribution < 1.29 is 19.0 Å². The SMILES string of the molecule is O=C(O)C1CC2CCCCC2N1CCCOc1ccc(F)cc1. The summed E-state index contributed by atoms with van der Waals surface area (Å²) in [5.74, 6) is 0.224. The van der Waals surface area contributed by atoms with Crippen LogP contribution < -0.4 is 4.74 Å². The molecule has 2 aliphatic rings. The smallest absolute Gasteiger partial charge is 0.320 e. The predicted molar refractivity (Wildman–Crippen MR) is 85.0 cm³/mol. The Morgan fingerprint density at radius 3 is 2.74 bits per heavy atom. The second-order valence-electron chi connectivity index (χ2n) is 6.60. The van der Waals surface area contributed by atoms with Crippen LogP contribution in [0.3, 0.4) is 0 Å². The van der Waals surface area contributed by atoms with Gasteiger partial charge in [-0.15, -0.1) is 0 Å². The summed E-state index contributed by atoms with van der Waals surface area (Å²) in [6.45, 7) is 1.27. The Kier molecular flexibility index (Phi) is 5.16. The van der Waals surface area contributed by atoms with Crippen LogP contribution in [0.1, 0.15) is 38.5 Å². The molecule has 4 nitrogen and oxygen atoms in total. The summed E-state index contributed by atoms with van der Waals surface area (Å²) in [6, 6.07) is 6.07. The lowest BCUT2D eigenvalue weighted by Gasteiger charge is -2.32. The molecule has 126 valence electrons. The van der Waals surface area contributed by atoms with E-state index in [0.717, 1.165) is 32.2 Å². The van der Waals surface area contributed by atoms with Crippen LogP contribution in [0.5, 0.6) is 5.75 Å². The third kappa shape index (κ3) is 3.83. The van der Waals surface area contributed by atoms with Crippen molar-refractivity contribution in [2.45, 2.75) is 50.6 Å². The monoisotopic (exact) mass is 321 g/mol. The van der Waals surface area contributed by atoms with Gasteiger partial charge in [0.05, 0.1) is 6.61 Å². The van der Waals surface area contributed by atoms with Gasteiger partial charge in [0.1, 0.15) is 17.6 Å². The molecular formula is C18H24FNO3. The van der Waals surface area contributed by atoms with E-state index in [4.69, 9.17) is 4.74 Å². The van der Waals surface area contributed by atoms with Crippen molar-refractivity contribution in [3.63, 3.8) is 0 Å². The van der Waals surface area contributed by atoms with E-state index < -0.39 is 5.97 Å². The molecule has 1 aliphatic heterocycles. The van der Waals surface area contributed by atoms with Gasteiger partial charge in [-0.3, -0.25) is 9.69 Å². The number of hydrogen-bond donors (Lipinski definition) is 1. The zero-order chi connectivity index (χ0) is 16.2. The van der Waals surface area contributed by atoms with Gasteiger partial charge in [-0.1, -0.05) is 12.8 Å². The van der Waals surface area contributed by atoms with Crippen molar-refractivity contribution in [2.75, 3.05) is 13.2 Å². The van der Waals surface area contributed by atoms with Gasteiger partial charge in [-0.2, -0.15) is 0 Å². The molecule has 3 unspecified atom stereocenters. The van der Waals surface area contributed by atoms with Gasteiger partial charge in [0.25, 0.3) is 0 Å². The first-order chi connectivity index (χ1) is 11.1. The molecule has 1 N–H and O–H groups in total. The number of aliphatic carboxylic acids is 1. The summed E-state index contributed by atoms with van der Waals surface area (Å²) >= 11 is 0. The van der Waals surface area contributed by atoms with E-state index in [2.05, 4.69) is 4.90 Å². The first-order valence-electron chi connectivity index (χ1n) is 8.52. The van der Waals surface area contributed by atoms with Gasteiger partial charge in [0, 0.05) is 12.6 Å². The van der Waals surface area contributed by atoms with Crippen LogP contribution in [0.4, 0.5) is 4.39 Å². The molecule has 1 aliphatic carbocycles. The van der Waals surface area contributed by atoms with E-state index in [1.165, 1.54) is 25.0 Å². The number of hydrogen-bond acceptors (Lipinski definition) is 3. The highest BCUT2D eigenvalue weighted by Crippen LogP contribution is 2.39. The van der Waals surface area contributed by atoms with Crippen molar-refractivity contribution in [1.82, 2.24) is 4.90 Å². The number of carboxylic acid groups (broad SMARTS) is 1. The van der Waals surface area contributed by atoms with Crippen molar-refractivity contribution in [3.8, 4) is 5.75 Å². The molecule has 1 saturated carbocycles. The minimum atomic E-state index is -0.696. The van der Waals surface area contributed by atoms with Gasteiger partial charge in [-0.05, 0) is 55.9 Å². The predicted octanol–water partition coefficient (Wildman–Crippen LogP) is 3.31. The lowest BCUT2D eigenvalue weighted by Crippen LogP contribution is -2.43. The summed E-state index contributed by atoms with van der Waals surface area (Å²) in [7, 11) is 0. The van der Waals surface area contributed by atoms with Gasteiger partial charge >= 0.3 is 5.97 Å². The van der Waals surface area contributed by atoms with Crippen molar-refractivity contribution in [3.05, 3.63) is 30.1 Å². The number of ether oxygens (including phenoxy) is 1. The summed E-state index contributed by atoms with van der Waals surface area (Å²) in [5, 5.41) is 9.48. The molecule has 0 amide bonds. The molecule has 1 saturated heterocycles. The lowest BCUT2D eigenvalue weighted by molar-refractivity contribution is -0.142. The Hall–Kier alpha value is -1.62. The van der Waals surface area contributed by atoms with E-state index in [9.17, 15) is 14.3 Å². The van der Waals surface area contributed by atoms with Crippen LogP contribution in [0.2, 0.25) is 0 Å². The molecule has 0 bridgehead atoms. The van der Waals surface area contributed by atoms with E-state index >= 15 is 0 Å². The van der Waals surface area contributed by atoms with E-state index in [0.29, 0.717) is 24.3 Å². The second-order valence-corrected chi connectivity index (χ2v) is 6.60. The van der Waals surface area contributed by atoms with Crippen LogP contribution >= 0.6 is 0 Å². The van der Waals surface area contributed by atoms with Crippen LogP contribution in [0, 0.1) is 11.7 Å². The van der Waals surface area contributed by atoms with E-state index in [1.54, 1.807) is 12.1 Å². The molecule has 1 aromatic carbocycles. The molecule has 0 spiro atoms. The number of nitrogens with zero attached hydrogens (tertiary/aromatic N) is 1. The Balaban J connectivity index is 1.51. The average molecular weight is 321 g/mol.